The molecule has 1 aliphatic heterocycles. The highest BCUT2D eigenvalue weighted by molar-refractivity contribution is 7.67. The predicted octanol–water partition coefficient (Wildman–Crippen LogP) is 7.44. The molecule has 0 saturated heterocycles. The van der Waals surface area contributed by atoms with E-state index in [9.17, 15) is 0 Å². The van der Waals surface area contributed by atoms with E-state index in [1.165, 1.54) is 5.56 Å². The summed E-state index contributed by atoms with van der Waals surface area (Å²) in [4.78, 5) is 2.31. The van der Waals surface area contributed by atoms with Gasteiger partial charge in [-0.05, 0) is 30.8 Å². The summed E-state index contributed by atoms with van der Waals surface area (Å²) >= 11 is 0. The third-order valence-corrected chi connectivity index (χ3v) is 10.4. The molecule has 1 heterocycles. The lowest BCUT2D eigenvalue weighted by molar-refractivity contribution is 0.218. The molecule has 0 bridgehead atoms. The summed E-state index contributed by atoms with van der Waals surface area (Å²) in [5, 5.41) is 9.29. The molecular formula is C23H34N5P. The molecule has 0 unspecified atom stereocenters. The summed E-state index contributed by atoms with van der Waals surface area (Å²) in [6.45, 7) is 15.3. The first-order chi connectivity index (χ1) is 13.5. The Bertz CT molecular complexity index is 904. The fourth-order valence-corrected chi connectivity index (χ4v) is 9.44. The van der Waals surface area contributed by atoms with Gasteiger partial charge in [0.1, 0.15) is 0 Å². The van der Waals surface area contributed by atoms with Crippen LogP contribution in [0.25, 0.3) is 0 Å². The lowest BCUT2D eigenvalue weighted by Crippen LogP contribution is -2.42. The number of rotatable bonds is 2. The van der Waals surface area contributed by atoms with Gasteiger partial charge in [-0.1, -0.05) is 83.2 Å². The summed E-state index contributed by atoms with van der Waals surface area (Å²) in [6.07, 6.45) is 0. The molecule has 0 aromatic heterocycles. The molecule has 1 aliphatic rings. The van der Waals surface area contributed by atoms with Gasteiger partial charge in [0.25, 0.3) is 0 Å². The van der Waals surface area contributed by atoms with E-state index in [4.69, 9.17) is 9.97 Å². The molecule has 0 saturated carbocycles. The number of benzene rings is 2. The third kappa shape index (κ3) is 4.31. The van der Waals surface area contributed by atoms with Gasteiger partial charge in [0.05, 0.1) is 25.2 Å². The van der Waals surface area contributed by atoms with E-state index in [1.54, 1.807) is 0 Å². The molecule has 0 spiro atoms. The molecule has 0 N–H and O–H groups in total. The lowest BCUT2D eigenvalue weighted by atomic mass is 10.2. The van der Waals surface area contributed by atoms with Crippen molar-refractivity contribution in [2.45, 2.75) is 58.4 Å². The number of hydrogen-bond acceptors (Lipinski definition) is 4. The Balaban J connectivity index is 2.29. The largest absolute Gasteiger partial charge is 0.283 e. The SMILES string of the molecule is CN1Cc2ccccc2N=P(C(C)(C)C)(C(C)(C)C)N(N=Nc2ccccc2)C1. The first kappa shape index (κ1) is 21.7. The minimum atomic E-state index is -2.19. The van der Waals surface area contributed by atoms with Crippen molar-refractivity contribution in [1.29, 1.82) is 0 Å². The number of nitrogens with zero attached hydrogens (tertiary/aromatic N) is 5. The maximum atomic E-state index is 5.56. The smallest absolute Gasteiger partial charge is 0.0953 e. The average molecular weight is 412 g/mol. The van der Waals surface area contributed by atoms with Crippen LogP contribution in [-0.2, 0) is 6.54 Å². The molecule has 0 radical (unpaired) electrons. The van der Waals surface area contributed by atoms with Crippen LogP contribution in [0, 0.1) is 0 Å². The highest BCUT2D eigenvalue weighted by atomic mass is 31.2. The molecule has 3 rings (SSSR count). The van der Waals surface area contributed by atoms with Gasteiger partial charge in [0.15, 0.2) is 0 Å². The third-order valence-electron chi connectivity index (χ3n) is 5.28. The van der Waals surface area contributed by atoms with Gasteiger partial charge in [-0.2, -0.15) is 0 Å². The van der Waals surface area contributed by atoms with E-state index >= 15 is 0 Å². The zero-order chi connectivity index (χ0) is 21.3. The fourth-order valence-electron chi connectivity index (χ4n) is 4.28. The van der Waals surface area contributed by atoms with Crippen LogP contribution >= 0.6 is 7.21 Å². The molecule has 0 aliphatic carbocycles. The Morgan fingerprint density at radius 2 is 1.45 bits per heavy atom. The fraction of sp³-hybridized carbons (Fsp3) is 0.478. The summed E-state index contributed by atoms with van der Waals surface area (Å²) in [5.41, 5.74) is 3.21. The summed E-state index contributed by atoms with van der Waals surface area (Å²) in [5.74, 6) is 0. The monoisotopic (exact) mass is 411 g/mol. The van der Waals surface area contributed by atoms with Crippen molar-refractivity contribution in [1.82, 2.24) is 9.68 Å². The summed E-state index contributed by atoms with van der Waals surface area (Å²) in [6, 6.07) is 18.5. The van der Waals surface area contributed by atoms with Crippen molar-refractivity contribution in [3.8, 4) is 0 Å². The van der Waals surface area contributed by atoms with Gasteiger partial charge in [0.2, 0.25) is 0 Å². The van der Waals surface area contributed by atoms with E-state index < -0.39 is 7.21 Å². The quantitative estimate of drug-likeness (QED) is 0.381. The molecular weight excluding hydrogens is 377 g/mol. The Labute approximate surface area is 175 Å². The predicted molar refractivity (Wildman–Crippen MR) is 124 cm³/mol. The molecule has 0 atom stereocenters. The van der Waals surface area contributed by atoms with Crippen LogP contribution in [0.3, 0.4) is 0 Å². The van der Waals surface area contributed by atoms with Crippen LogP contribution in [0.15, 0.2) is 69.7 Å². The van der Waals surface area contributed by atoms with Crippen molar-refractivity contribution in [2.24, 2.45) is 15.1 Å². The number of hydrogen-bond donors (Lipinski definition) is 0. The van der Waals surface area contributed by atoms with Gasteiger partial charge in [-0.15, -0.1) is 5.11 Å². The summed E-state index contributed by atoms with van der Waals surface area (Å²) in [7, 11) is -0.0437. The molecule has 2 aromatic carbocycles. The van der Waals surface area contributed by atoms with E-state index in [0.29, 0.717) is 6.67 Å². The van der Waals surface area contributed by atoms with Crippen LogP contribution in [0.5, 0.6) is 0 Å². The van der Waals surface area contributed by atoms with Crippen molar-refractivity contribution in [3.05, 3.63) is 60.2 Å². The Kier molecular flexibility index (Phi) is 6.03. The minimum Gasteiger partial charge on any atom is -0.283 e. The van der Waals surface area contributed by atoms with Gasteiger partial charge in [0, 0.05) is 16.9 Å². The highest BCUT2D eigenvalue weighted by Gasteiger charge is 2.49. The van der Waals surface area contributed by atoms with E-state index in [2.05, 4.69) is 87.6 Å². The molecule has 156 valence electrons. The zero-order valence-electron chi connectivity index (χ0n) is 18.8. The molecule has 2 aromatic rings. The normalized spacial score (nSPS) is 18.1. The molecule has 6 heteroatoms. The Morgan fingerprint density at radius 1 is 0.862 bits per heavy atom. The van der Waals surface area contributed by atoms with Gasteiger partial charge < -0.3 is 0 Å². The second-order valence-corrected chi connectivity index (χ2v) is 14.3. The van der Waals surface area contributed by atoms with Crippen LogP contribution < -0.4 is 0 Å². The molecule has 5 nitrogen and oxygen atoms in total. The molecule has 0 amide bonds. The Morgan fingerprint density at radius 3 is 2.07 bits per heavy atom. The van der Waals surface area contributed by atoms with Gasteiger partial charge in [-0.25, -0.2) is 9.52 Å². The van der Waals surface area contributed by atoms with Crippen LogP contribution in [0.1, 0.15) is 47.1 Å². The number of fused-ring (bicyclic) bond motifs is 1. The average Bonchev–Trinajstić information content (AvgIpc) is 2.62. The maximum Gasteiger partial charge on any atom is 0.0953 e. The van der Waals surface area contributed by atoms with E-state index in [1.807, 2.05) is 30.3 Å². The maximum absolute atomic E-state index is 5.56. The standard InChI is InChI=1S/C23H34N5P/c1-22(2,3)29(23(4,5)6)25-21-16-12-11-13-19(21)17-27(7)18-28(29)26-24-20-14-9-8-10-15-20/h8-16H,17-18H2,1-7H3. The van der Waals surface area contributed by atoms with Crippen LogP contribution in [0.2, 0.25) is 0 Å². The molecule has 29 heavy (non-hydrogen) atoms. The van der Waals surface area contributed by atoms with E-state index in [0.717, 1.165) is 17.9 Å². The van der Waals surface area contributed by atoms with Crippen molar-refractivity contribution < 1.29 is 0 Å². The second-order valence-electron chi connectivity index (χ2n) is 9.72. The van der Waals surface area contributed by atoms with Crippen molar-refractivity contribution in [2.75, 3.05) is 13.7 Å². The first-order valence-electron chi connectivity index (χ1n) is 10.2. The lowest BCUT2D eigenvalue weighted by Gasteiger charge is -2.51. The van der Waals surface area contributed by atoms with E-state index in [-0.39, 0.29) is 10.3 Å². The topological polar surface area (TPSA) is 43.6 Å². The summed E-state index contributed by atoms with van der Waals surface area (Å²) < 4.78 is 7.76. The minimum absolute atomic E-state index is 0.0771. The zero-order valence-corrected chi connectivity index (χ0v) is 19.7. The van der Waals surface area contributed by atoms with Gasteiger partial charge in [-0.3, -0.25) is 4.90 Å². The first-order valence-corrected chi connectivity index (χ1v) is 11.9. The highest BCUT2D eigenvalue weighted by Crippen LogP contribution is 2.73. The Hall–Kier alpha value is -1.97. The van der Waals surface area contributed by atoms with Crippen LogP contribution in [0.4, 0.5) is 11.4 Å². The van der Waals surface area contributed by atoms with Crippen molar-refractivity contribution >= 4 is 18.6 Å². The molecule has 0 fully saturated rings. The van der Waals surface area contributed by atoms with Crippen LogP contribution in [-0.4, -0.2) is 33.7 Å². The second kappa shape index (κ2) is 8.04. The van der Waals surface area contributed by atoms with Crippen molar-refractivity contribution in [3.63, 3.8) is 0 Å². The van der Waals surface area contributed by atoms with Gasteiger partial charge >= 0.3 is 0 Å².